The average Bonchev–Trinajstić information content (AvgIpc) is 0.811. The van der Waals surface area contributed by atoms with Crippen LogP contribution in [0.3, 0.4) is 0 Å². The van der Waals surface area contributed by atoms with Gasteiger partial charge in [0.1, 0.15) is 0 Å². The molecule has 0 nitrogen and oxygen atoms in total. The Balaban J connectivity index is 0. The zero-order valence-electron chi connectivity index (χ0n) is 2.46. The molecule has 0 N–H and O–H groups in total. The zero-order valence-corrected chi connectivity index (χ0v) is 2.46. The number of rotatable bonds is 0. The predicted molar refractivity (Wildman–Crippen MR) is 14.6 cm³/mol. The van der Waals surface area contributed by atoms with Crippen molar-refractivity contribution in [2.24, 2.45) is 0 Å². The van der Waals surface area contributed by atoms with Gasteiger partial charge in [0.25, 0.3) is 6.08 Å². The van der Waals surface area contributed by atoms with Gasteiger partial charge in [-0.25, -0.2) is 0 Å². The Bertz CT molecular complexity index is 27.9. The maximum Gasteiger partial charge on any atom is 0.263 e. The molecule has 5 heavy (non-hydrogen) atoms. The van der Waals surface area contributed by atoms with Crippen LogP contribution in [0.4, 0.5) is 8.78 Å². The van der Waals surface area contributed by atoms with Crippen molar-refractivity contribution in [1.82, 2.24) is 0 Å². The first-order valence-corrected chi connectivity index (χ1v) is 0.732. The molecule has 0 aromatic heterocycles. The highest BCUT2D eigenvalue weighted by molar-refractivity contribution is 4.57. The Morgan fingerprint density at radius 3 is 1.40 bits per heavy atom. The van der Waals surface area contributed by atoms with Gasteiger partial charge in [0.15, 0.2) is 0 Å². The van der Waals surface area contributed by atoms with Gasteiger partial charge in [-0.1, -0.05) is 0 Å². The third kappa shape index (κ3) is 57.6. The van der Waals surface area contributed by atoms with Crippen LogP contribution in [0.5, 0.6) is 0 Å². The summed E-state index contributed by atoms with van der Waals surface area (Å²) in [6.07, 6.45) is -1.83. The third-order valence-electron chi connectivity index (χ3n) is 0. The van der Waals surface area contributed by atoms with Crippen LogP contribution in [0.2, 0.25) is 0 Å². The van der Waals surface area contributed by atoms with Gasteiger partial charge in [0.05, 0.1) is 0 Å². The molecule has 0 atom stereocenters. The van der Waals surface area contributed by atoms with E-state index in [0.29, 0.717) is 0 Å². The van der Waals surface area contributed by atoms with E-state index >= 15 is 0 Å². The lowest BCUT2D eigenvalue weighted by Crippen LogP contribution is -1.33. The molecule has 28 valence electrons. The van der Waals surface area contributed by atoms with Crippen molar-refractivity contribution in [3.63, 3.8) is 0 Å². The molecule has 0 bridgehead atoms. The van der Waals surface area contributed by atoms with E-state index in [9.17, 15) is 8.78 Å². The largest absolute Gasteiger partial charge is 0.263 e. The van der Waals surface area contributed by atoms with Gasteiger partial charge in [-0.15, -0.1) is 0 Å². The summed E-state index contributed by atoms with van der Waals surface area (Å²) >= 11 is 0. The van der Waals surface area contributed by atoms with Gasteiger partial charge >= 0.3 is 0 Å². The first-order valence-electron chi connectivity index (χ1n) is 0.732. The minimum absolute atomic E-state index is 0. The normalized spacial score (nSPS) is 5.20. The summed E-state index contributed by atoms with van der Waals surface area (Å²) in [4.78, 5) is 0. The highest BCUT2D eigenvalue weighted by atomic mass is 19.3. The summed E-state index contributed by atoms with van der Waals surface area (Å²) < 4.78 is 20.3. The van der Waals surface area contributed by atoms with E-state index in [1.807, 2.05) is 0 Å². The Kier molecular flexibility index (Phi) is 6.35. The number of halogens is 2. The van der Waals surface area contributed by atoms with Crippen LogP contribution in [0, 0.1) is 7.43 Å². The summed E-state index contributed by atoms with van der Waals surface area (Å²) in [7, 11) is 0. The fourth-order valence-electron chi connectivity index (χ4n) is 0. The highest BCUT2D eigenvalue weighted by Gasteiger charge is 1.65. The van der Waals surface area contributed by atoms with E-state index in [-0.39, 0.29) is 7.43 Å². The molecule has 0 aliphatic heterocycles. The van der Waals surface area contributed by atoms with Crippen molar-refractivity contribution in [2.75, 3.05) is 0 Å². The molecular formula is C3H2F2. The van der Waals surface area contributed by atoms with E-state index in [1.54, 1.807) is 0 Å². The average molecular weight is 76.0 g/mol. The molecule has 0 saturated carbocycles. The second-order valence-corrected chi connectivity index (χ2v) is 0.339. The first-order chi connectivity index (χ1) is 1.73. The molecule has 0 spiro atoms. The summed E-state index contributed by atoms with van der Waals surface area (Å²) in [6.45, 7) is 2.22. The molecule has 0 aromatic carbocycles. The summed E-state index contributed by atoms with van der Waals surface area (Å²) in [5, 5.41) is 0. The van der Waals surface area contributed by atoms with Crippen molar-refractivity contribution in [2.45, 2.75) is 0 Å². The Morgan fingerprint density at radius 2 is 1.40 bits per heavy atom. The van der Waals surface area contributed by atoms with Crippen LogP contribution >= 0.6 is 0 Å². The minimum atomic E-state index is -1.83. The van der Waals surface area contributed by atoms with Crippen LogP contribution in [-0.2, 0) is 0 Å². The maximum absolute atomic E-state index is 10.1. The minimum Gasteiger partial charge on any atom is -0.174 e. The molecule has 0 unspecified atom stereocenters. The molecule has 0 aliphatic rings. The van der Waals surface area contributed by atoms with Crippen LogP contribution in [0.15, 0.2) is 12.7 Å². The van der Waals surface area contributed by atoms with E-state index in [0.717, 1.165) is 0 Å². The van der Waals surface area contributed by atoms with E-state index < -0.39 is 6.08 Å². The fraction of sp³-hybridized carbons (Fsp3) is 0. The van der Waals surface area contributed by atoms with E-state index in [2.05, 4.69) is 6.58 Å². The SMILES string of the molecule is C=C(F)F.[C]. The molecule has 0 aromatic rings. The third-order valence-corrected chi connectivity index (χ3v) is 0. The maximum atomic E-state index is 10.1. The van der Waals surface area contributed by atoms with Crippen molar-refractivity contribution < 1.29 is 8.78 Å². The van der Waals surface area contributed by atoms with Crippen molar-refractivity contribution >= 4 is 0 Å². The van der Waals surface area contributed by atoms with Gasteiger partial charge in [-0.05, 0) is 6.58 Å². The quantitative estimate of drug-likeness (QED) is 0.410. The highest BCUT2D eigenvalue weighted by Crippen LogP contribution is 1.85. The number of hydrogen-bond acceptors (Lipinski definition) is 0. The smallest absolute Gasteiger partial charge is 0.174 e. The van der Waals surface area contributed by atoms with Gasteiger partial charge in [-0.2, -0.15) is 8.78 Å². The topological polar surface area (TPSA) is 0 Å². The molecule has 2 heteroatoms. The summed E-state index contributed by atoms with van der Waals surface area (Å²) in [5.74, 6) is 0. The molecule has 0 aliphatic carbocycles. The van der Waals surface area contributed by atoms with E-state index in [4.69, 9.17) is 0 Å². The van der Waals surface area contributed by atoms with Gasteiger partial charge in [-0.3, -0.25) is 0 Å². The first kappa shape index (κ1) is 8.82. The monoisotopic (exact) mass is 76.0 g/mol. The lowest BCUT2D eigenvalue weighted by molar-refractivity contribution is 0.426. The molecule has 0 fully saturated rings. The number of hydrogen-bond donors (Lipinski definition) is 0. The second kappa shape index (κ2) is 3.60. The molecule has 0 saturated heterocycles. The summed E-state index contributed by atoms with van der Waals surface area (Å²) in [5.41, 5.74) is 0. The van der Waals surface area contributed by atoms with Crippen molar-refractivity contribution in [1.29, 1.82) is 0 Å². The zero-order chi connectivity index (χ0) is 3.58. The van der Waals surface area contributed by atoms with Crippen molar-refractivity contribution in [3.05, 3.63) is 20.1 Å². The van der Waals surface area contributed by atoms with Crippen LogP contribution in [-0.4, -0.2) is 0 Å². The van der Waals surface area contributed by atoms with Crippen LogP contribution < -0.4 is 0 Å². The van der Waals surface area contributed by atoms with Gasteiger partial charge < -0.3 is 0 Å². The van der Waals surface area contributed by atoms with E-state index in [1.165, 1.54) is 0 Å². The Hall–Kier alpha value is -0.400. The van der Waals surface area contributed by atoms with Crippen LogP contribution in [0.1, 0.15) is 0 Å². The van der Waals surface area contributed by atoms with Gasteiger partial charge in [0.2, 0.25) is 0 Å². The predicted octanol–water partition coefficient (Wildman–Crippen LogP) is 1.48. The molecular weight excluding hydrogens is 74.0 g/mol. The van der Waals surface area contributed by atoms with Crippen molar-refractivity contribution in [3.8, 4) is 0 Å². The second-order valence-electron chi connectivity index (χ2n) is 0.339. The molecule has 0 heterocycles. The Labute approximate surface area is 30.1 Å². The fourth-order valence-corrected chi connectivity index (χ4v) is 0. The molecule has 4 radical (unpaired) electrons. The standard InChI is InChI=1S/C2H2F2.C/c1-2(3)4;/h1H2;. The molecule has 0 amide bonds. The lowest BCUT2D eigenvalue weighted by Gasteiger charge is -1.54. The molecule has 0 rings (SSSR count). The Morgan fingerprint density at radius 1 is 1.40 bits per heavy atom. The lowest BCUT2D eigenvalue weighted by atomic mass is 11.2. The summed E-state index contributed by atoms with van der Waals surface area (Å²) in [6, 6.07) is 0. The van der Waals surface area contributed by atoms with Gasteiger partial charge in [0, 0.05) is 7.43 Å². The van der Waals surface area contributed by atoms with Crippen LogP contribution in [0.25, 0.3) is 0 Å².